The minimum Gasteiger partial charge on any atom is -0.495 e. The van der Waals surface area contributed by atoms with Crippen LogP contribution in [0.4, 0.5) is 17.5 Å². The van der Waals surface area contributed by atoms with Crippen molar-refractivity contribution >= 4 is 17.5 Å². The van der Waals surface area contributed by atoms with Crippen molar-refractivity contribution in [3.05, 3.63) is 40.3 Å². The lowest BCUT2D eigenvalue weighted by atomic mass is 9.86. The SMILES string of the molecule is COc1cccnc1CNc1ncc([N+](=O)[O-])c(NCC2CCC(N)CC2)n1. The quantitative estimate of drug-likeness (QED) is 0.459. The van der Waals surface area contributed by atoms with Gasteiger partial charge in [0.2, 0.25) is 11.8 Å². The Kier molecular flexibility index (Phi) is 6.53. The molecule has 1 aliphatic carbocycles. The molecule has 2 aromatic rings. The first-order valence-electron chi connectivity index (χ1n) is 9.29. The number of rotatable bonds is 8. The number of aromatic nitrogens is 3. The fraction of sp³-hybridized carbons (Fsp3) is 0.500. The van der Waals surface area contributed by atoms with E-state index in [-0.39, 0.29) is 23.5 Å². The second-order valence-electron chi connectivity index (χ2n) is 6.85. The highest BCUT2D eigenvalue weighted by atomic mass is 16.6. The predicted molar refractivity (Wildman–Crippen MR) is 105 cm³/mol. The zero-order valence-electron chi connectivity index (χ0n) is 15.8. The molecule has 2 aromatic heterocycles. The van der Waals surface area contributed by atoms with Crippen molar-refractivity contribution in [2.75, 3.05) is 24.3 Å². The van der Waals surface area contributed by atoms with Crippen LogP contribution in [0.2, 0.25) is 0 Å². The summed E-state index contributed by atoms with van der Waals surface area (Å²) in [6, 6.07) is 3.86. The summed E-state index contributed by atoms with van der Waals surface area (Å²) in [5.74, 6) is 1.58. The van der Waals surface area contributed by atoms with E-state index < -0.39 is 4.92 Å². The summed E-state index contributed by atoms with van der Waals surface area (Å²) in [6.45, 7) is 0.958. The van der Waals surface area contributed by atoms with Crippen molar-refractivity contribution in [1.82, 2.24) is 15.0 Å². The number of nitrogens with one attached hydrogen (secondary N) is 2. The molecule has 4 N–H and O–H groups in total. The lowest BCUT2D eigenvalue weighted by Gasteiger charge is -2.26. The Morgan fingerprint density at radius 2 is 2.07 bits per heavy atom. The largest absolute Gasteiger partial charge is 0.495 e. The van der Waals surface area contributed by atoms with E-state index in [0.29, 0.717) is 30.5 Å². The van der Waals surface area contributed by atoms with Gasteiger partial charge in [0.05, 0.1) is 18.6 Å². The average molecular weight is 387 g/mol. The Hall–Kier alpha value is -3.01. The van der Waals surface area contributed by atoms with Gasteiger partial charge in [0.15, 0.2) is 0 Å². The van der Waals surface area contributed by atoms with Crippen LogP contribution in [0.5, 0.6) is 5.75 Å². The van der Waals surface area contributed by atoms with Crippen LogP contribution >= 0.6 is 0 Å². The molecule has 0 aromatic carbocycles. The number of nitrogens with zero attached hydrogens (tertiary/aromatic N) is 4. The Labute approximate surface area is 163 Å². The lowest BCUT2D eigenvalue weighted by Crippen LogP contribution is -2.29. The minimum atomic E-state index is -0.481. The standard InChI is InChI=1S/C18H25N7O3/c1-28-16-3-2-8-20-14(16)10-22-18-23-11-15(25(26)27)17(24-18)21-9-12-4-6-13(19)7-5-12/h2-3,8,11-13H,4-7,9-10,19H2,1H3,(H2,21,22,23,24). The summed E-state index contributed by atoms with van der Waals surface area (Å²) < 4.78 is 5.27. The van der Waals surface area contributed by atoms with Gasteiger partial charge in [-0.05, 0) is 43.7 Å². The molecule has 150 valence electrons. The first-order chi connectivity index (χ1) is 13.6. The molecule has 1 aliphatic rings. The molecular formula is C18H25N7O3. The Morgan fingerprint density at radius 1 is 1.29 bits per heavy atom. The number of anilines is 2. The highest BCUT2D eigenvalue weighted by Gasteiger charge is 2.21. The molecule has 0 bridgehead atoms. The third-order valence-electron chi connectivity index (χ3n) is 4.90. The molecule has 3 rings (SSSR count). The fourth-order valence-electron chi connectivity index (χ4n) is 3.26. The Balaban J connectivity index is 1.67. The molecule has 10 nitrogen and oxygen atoms in total. The van der Waals surface area contributed by atoms with Gasteiger partial charge in [0, 0.05) is 18.8 Å². The van der Waals surface area contributed by atoms with Gasteiger partial charge in [-0.15, -0.1) is 0 Å². The molecule has 0 spiro atoms. The van der Waals surface area contributed by atoms with Crippen LogP contribution in [0, 0.1) is 16.0 Å². The van der Waals surface area contributed by atoms with Crippen molar-refractivity contribution < 1.29 is 9.66 Å². The molecule has 0 radical (unpaired) electrons. The summed E-state index contributed by atoms with van der Waals surface area (Å²) in [5, 5.41) is 17.5. The van der Waals surface area contributed by atoms with Gasteiger partial charge in [-0.25, -0.2) is 4.98 Å². The number of nitrogens with two attached hydrogens (primary N) is 1. The monoisotopic (exact) mass is 387 g/mol. The maximum atomic E-state index is 11.3. The number of nitro groups is 1. The van der Waals surface area contributed by atoms with Crippen LogP contribution in [0.15, 0.2) is 24.5 Å². The molecule has 0 aliphatic heterocycles. The molecule has 1 saturated carbocycles. The summed E-state index contributed by atoms with van der Waals surface area (Å²) in [5.41, 5.74) is 6.49. The van der Waals surface area contributed by atoms with Crippen molar-refractivity contribution in [2.24, 2.45) is 11.7 Å². The molecule has 0 saturated heterocycles. The van der Waals surface area contributed by atoms with Gasteiger partial charge >= 0.3 is 5.69 Å². The number of hydrogen-bond donors (Lipinski definition) is 3. The first-order valence-corrected chi connectivity index (χ1v) is 9.29. The van der Waals surface area contributed by atoms with E-state index >= 15 is 0 Å². The molecule has 0 amide bonds. The van der Waals surface area contributed by atoms with Gasteiger partial charge < -0.3 is 21.1 Å². The third-order valence-corrected chi connectivity index (χ3v) is 4.90. The minimum absolute atomic E-state index is 0.145. The van der Waals surface area contributed by atoms with Crippen molar-refractivity contribution in [1.29, 1.82) is 0 Å². The van der Waals surface area contributed by atoms with Crippen molar-refractivity contribution in [2.45, 2.75) is 38.3 Å². The van der Waals surface area contributed by atoms with Gasteiger partial charge in [-0.2, -0.15) is 4.98 Å². The number of pyridine rings is 1. The van der Waals surface area contributed by atoms with E-state index in [1.807, 2.05) is 6.07 Å². The zero-order chi connectivity index (χ0) is 19.9. The van der Waals surface area contributed by atoms with Crippen molar-refractivity contribution in [3.63, 3.8) is 0 Å². The van der Waals surface area contributed by atoms with Gasteiger partial charge in [-0.3, -0.25) is 15.1 Å². The summed E-state index contributed by atoms with van der Waals surface area (Å²) in [7, 11) is 1.57. The van der Waals surface area contributed by atoms with E-state index in [0.717, 1.165) is 25.7 Å². The molecular weight excluding hydrogens is 362 g/mol. The molecule has 0 atom stereocenters. The normalized spacial score (nSPS) is 19.1. The molecule has 10 heteroatoms. The van der Waals surface area contributed by atoms with Gasteiger partial charge in [-0.1, -0.05) is 0 Å². The summed E-state index contributed by atoms with van der Waals surface area (Å²) in [4.78, 5) is 23.4. The predicted octanol–water partition coefficient (Wildman–Crippen LogP) is 2.33. The second kappa shape index (κ2) is 9.27. The number of hydrogen-bond acceptors (Lipinski definition) is 9. The smallest absolute Gasteiger partial charge is 0.329 e. The van der Waals surface area contributed by atoms with E-state index in [1.54, 1.807) is 19.4 Å². The third kappa shape index (κ3) is 5.03. The first kappa shape index (κ1) is 19.7. The Morgan fingerprint density at radius 3 is 2.79 bits per heavy atom. The maximum absolute atomic E-state index is 11.3. The average Bonchev–Trinajstić information content (AvgIpc) is 2.72. The van der Waals surface area contributed by atoms with E-state index in [4.69, 9.17) is 10.5 Å². The molecule has 1 fully saturated rings. The van der Waals surface area contributed by atoms with E-state index in [9.17, 15) is 10.1 Å². The van der Waals surface area contributed by atoms with E-state index in [1.165, 1.54) is 6.20 Å². The molecule has 2 heterocycles. The van der Waals surface area contributed by atoms with Crippen LogP contribution in [0.3, 0.4) is 0 Å². The van der Waals surface area contributed by atoms with Gasteiger partial charge in [0.1, 0.15) is 17.6 Å². The maximum Gasteiger partial charge on any atom is 0.329 e. The zero-order valence-corrected chi connectivity index (χ0v) is 15.8. The topological polar surface area (TPSA) is 141 Å². The van der Waals surface area contributed by atoms with Crippen LogP contribution in [-0.4, -0.2) is 39.6 Å². The van der Waals surface area contributed by atoms with Crippen LogP contribution in [0.1, 0.15) is 31.4 Å². The lowest BCUT2D eigenvalue weighted by molar-refractivity contribution is -0.384. The van der Waals surface area contributed by atoms with Crippen LogP contribution in [0.25, 0.3) is 0 Å². The molecule has 0 unspecified atom stereocenters. The van der Waals surface area contributed by atoms with Gasteiger partial charge in [0.25, 0.3) is 0 Å². The highest BCUT2D eigenvalue weighted by Crippen LogP contribution is 2.26. The summed E-state index contributed by atoms with van der Waals surface area (Å²) >= 11 is 0. The molecule has 28 heavy (non-hydrogen) atoms. The van der Waals surface area contributed by atoms with E-state index in [2.05, 4.69) is 25.6 Å². The fourth-order valence-corrected chi connectivity index (χ4v) is 3.26. The Bertz CT molecular complexity index is 810. The second-order valence-corrected chi connectivity index (χ2v) is 6.85. The van der Waals surface area contributed by atoms with Crippen molar-refractivity contribution in [3.8, 4) is 5.75 Å². The van der Waals surface area contributed by atoms with Crippen LogP contribution in [-0.2, 0) is 6.54 Å². The number of methoxy groups -OCH3 is 1. The van der Waals surface area contributed by atoms with Crippen LogP contribution < -0.4 is 21.1 Å². The summed E-state index contributed by atoms with van der Waals surface area (Å²) in [6.07, 6.45) is 6.87. The highest BCUT2D eigenvalue weighted by molar-refractivity contribution is 5.57. The number of ether oxygens (including phenoxy) is 1.